The summed E-state index contributed by atoms with van der Waals surface area (Å²) in [6, 6.07) is 11.3. The lowest BCUT2D eigenvalue weighted by molar-refractivity contribution is 0.101. The molecule has 0 saturated heterocycles. The van der Waals surface area contributed by atoms with Crippen LogP contribution in [0.25, 0.3) is 10.9 Å². The second kappa shape index (κ2) is 4.77. The molecular formula is C15H14N4O. The van der Waals surface area contributed by atoms with Crippen LogP contribution >= 0.6 is 0 Å². The highest BCUT2D eigenvalue weighted by atomic mass is 16.2. The van der Waals surface area contributed by atoms with Gasteiger partial charge in [-0.25, -0.2) is 0 Å². The van der Waals surface area contributed by atoms with Crippen molar-refractivity contribution in [3.05, 3.63) is 54.0 Å². The summed E-state index contributed by atoms with van der Waals surface area (Å²) in [6.07, 6.45) is 1.71. The first-order chi connectivity index (χ1) is 9.65. The van der Waals surface area contributed by atoms with Crippen molar-refractivity contribution < 1.29 is 4.79 Å². The molecular weight excluding hydrogens is 252 g/mol. The van der Waals surface area contributed by atoms with Gasteiger partial charge in [-0.15, -0.1) is 0 Å². The average molecular weight is 266 g/mol. The van der Waals surface area contributed by atoms with Crippen molar-refractivity contribution in [1.29, 1.82) is 0 Å². The minimum absolute atomic E-state index is 0.189. The van der Waals surface area contributed by atoms with E-state index in [1.54, 1.807) is 24.0 Å². The highest BCUT2D eigenvalue weighted by molar-refractivity contribution is 6.07. The van der Waals surface area contributed by atoms with Gasteiger partial charge >= 0.3 is 0 Å². The van der Waals surface area contributed by atoms with Crippen molar-refractivity contribution in [3.63, 3.8) is 0 Å². The Morgan fingerprint density at radius 3 is 2.80 bits per heavy atom. The van der Waals surface area contributed by atoms with E-state index in [9.17, 15) is 4.79 Å². The number of carbonyl (C=O) groups excluding carboxylic acids is 1. The molecule has 5 heteroatoms. The number of pyridine rings is 1. The molecule has 0 fully saturated rings. The normalized spacial score (nSPS) is 10.7. The minimum Gasteiger partial charge on any atom is -0.319 e. The third-order valence-electron chi connectivity index (χ3n) is 3.12. The third kappa shape index (κ3) is 2.14. The number of aryl methyl sites for hydroxylation is 2. The molecule has 3 aromatic rings. The Hall–Kier alpha value is -2.69. The van der Waals surface area contributed by atoms with Gasteiger partial charge in [-0.1, -0.05) is 18.2 Å². The highest BCUT2D eigenvalue weighted by Gasteiger charge is 2.13. The molecule has 2 aromatic heterocycles. The summed E-state index contributed by atoms with van der Waals surface area (Å²) in [5.74, 6) is -0.189. The predicted octanol–water partition coefficient (Wildman–Crippen LogP) is 2.53. The van der Waals surface area contributed by atoms with E-state index in [-0.39, 0.29) is 5.91 Å². The number of para-hydroxylation sites is 1. The Balaban J connectivity index is 1.97. The maximum Gasteiger partial charge on any atom is 0.273 e. The Kier molecular flexibility index (Phi) is 2.95. The summed E-state index contributed by atoms with van der Waals surface area (Å²) >= 11 is 0. The third-order valence-corrected chi connectivity index (χ3v) is 3.12. The fourth-order valence-corrected chi connectivity index (χ4v) is 2.21. The number of nitrogens with one attached hydrogen (secondary N) is 1. The SMILES string of the molecule is Cc1cc(C(=O)Nc2cccc3cccnc23)n(C)n1. The van der Waals surface area contributed by atoms with Crippen LogP contribution in [-0.4, -0.2) is 20.7 Å². The van der Waals surface area contributed by atoms with E-state index in [0.29, 0.717) is 11.4 Å². The minimum atomic E-state index is -0.189. The second-order valence-corrected chi connectivity index (χ2v) is 4.63. The van der Waals surface area contributed by atoms with Gasteiger partial charge in [0.05, 0.1) is 16.9 Å². The number of nitrogens with zero attached hydrogens (tertiary/aromatic N) is 3. The summed E-state index contributed by atoms with van der Waals surface area (Å²) < 4.78 is 1.57. The molecule has 0 aliphatic carbocycles. The molecule has 2 heterocycles. The Labute approximate surface area is 116 Å². The van der Waals surface area contributed by atoms with Crippen molar-refractivity contribution >= 4 is 22.5 Å². The quantitative estimate of drug-likeness (QED) is 0.775. The van der Waals surface area contributed by atoms with Gasteiger partial charge in [0, 0.05) is 18.6 Å². The van der Waals surface area contributed by atoms with Gasteiger partial charge in [0.25, 0.3) is 5.91 Å². The summed E-state index contributed by atoms with van der Waals surface area (Å²) in [5, 5.41) is 8.06. The molecule has 0 aliphatic rings. The van der Waals surface area contributed by atoms with Crippen molar-refractivity contribution in [3.8, 4) is 0 Å². The van der Waals surface area contributed by atoms with Crippen molar-refractivity contribution in [2.24, 2.45) is 7.05 Å². The monoisotopic (exact) mass is 266 g/mol. The summed E-state index contributed by atoms with van der Waals surface area (Å²) in [5.41, 5.74) is 2.82. The topological polar surface area (TPSA) is 59.8 Å². The lowest BCUT2D eigenvalue weighted by atomic mass is 10.2. The second-order valence-electron chi connectivity index (χ2n) is 4.63. The number of carbonyl (C=O) groups is 1. The molecule has 0 unspecified atom stereocenters. The van der Waals surface area contributed by atoms with Crippen molar-refractivity contribution in [2.75, 3.05) is 5.32 Å². The molecule has 1 amide bonds. The van der Waals surface area contributed by atoms with Crippen LogP contribution in [0.4, 0.5) is 5.69 Å². The van der Waals surface area contributed by atoms with Gasteiger partial charge in [-0.2, -0.15) is 5.10 Å². The smallest absolute Gasteiger partial charge is 0.273 e. The zero-order valence-electron chi connectivity index (χ0n) is 11.3. The van der Waals surface area contributed by atoms with Crippen LogP contribution in [0.15, 0.2) is 42.6 Å². The van der Waals surface area contributed by atoms with Gasteiger partial charge in [0.1, 0.15) is 5.69 Å². The summed E-state index contributed by atoms with van der Waals surface area (Å²) in [4.78, 5) is 16.6. The van der Waals surface area contributed by atoms with Crippen LogP contribution in [0, 0.1) is 6.92 Å². The molecule has 0 bridgehead atoms. The first-order valence-corrected chi connectivity index (χ1v) is 6.31. The molecule has 0 spiro atoms. The van der Waals surface area contributed by atoms with E-state index < -0.39 is 0 Å². The number of hydrogen-bond acceptors (Lipinski definition) is 3. The molecule has 100 valence electrons. The van der Waals surface area contributed by atoms with E-state index in [4.69, 9.17) is 0 Å². The Morgan fingerprint density at radius 1 is 1.25 bits per heavy atom. The molecule has 0 saturated carbocycles. The van der Waals surface area contributed by atoms with E-state index in [2.05, 4.69) is 15.4 Å². The molecule has 0 atom stereocenters. The molecule has 1 N–H and O–H groups in total. The van der Waals surface area contributed by atoms with Crippen LogP contribution in [0.2, 0.25) is 0 Å². The standard InChI is InChI=1S/C15H14N4O/c1-10-9-13(19(2)18-10)15(20)17-12-7-3-5-11-6-4-8-16-14(11)12/h3-9H,1-2H3,(H,17,20). The van der Waals surface area contributed by atoms with E-state index in [1.807, 2.05) is 37.3 Å². The van der Waals surface area contributed by atoms with Crippen LogP contribution in [0.5, 0.6) is 0 Å². The summed E-state index contributed by atoms with van der Waals surface area (Å²) in [6.45, 7) is 1.86. The number of fused-ring (bicyclic) bond motifs is 1. The lowest BCUT2D eigenvalue weighted by Gasteiger charge is -2.07. The Morgan fingerprint density at radius 2 is 2.05 bits per heavy atom. The zero-order chi connectivity index (χ0) is 14.1. The molecule has 1 aromatic carbocycles. The van der Waals surface area contributed by atoms with Crippen LogP contribution < -0.4 is 5.32 Å². The highest BCUT2D eigenvalue weighted by Crippen LogP contribution is 2.21. The van der Waals surface area contributed by atoms with Gasteiger partial charge in [0.15, 0.2) is 0 Å². The number of aromatic nitrogens is 3. The van der Waals surface area contributed by atoms with Crippen LogP contribution in [0.1, 0.15) is 16.2 Å². The van der Waals surface area contributed by atoms with Crippen LogP contribution in [-0.2, 0) is 7.05 Å². The van der Waals surface area contributed by atoms with Gasteiger partial charge < -0.3 is 5.32 Å². The van der Waals surface area contributed by atoms with Crippen LogP contribution in [0.3, 0.4) is 0 Å². The maximum absolute atomic E-state index is 12.3. The maximum atomic E-state index is 12.3. The number of rotatable bonds is 2. The number of anilines is 1. The van der Waals surface area contributed by atoms with Gasteiger partial charge in [-0.05, 0) is 25.1 Å². The molecule has 0 aliphatic heterocycles. The average Bonchev–Trinajstić information content (AvgIpc) is 2.78. The van der Waals surface area contributed by atoms with Crippen molar-refractivity contribution in [1.82, 2.24) is 14.8 Å². The molecule has 0 radical (unpaired) electrons. The van der Waals surface area contributed by atoms with Gasteiger partial charge in [-0.3, -0.25) is 14.5 Å². The first-order valence-electron chi connectivity index (χ1n) is 6.31. The fourth-order valence-electron chi connectivity index (χ4n) is 2.21. The number of benzene rings is 1. The molecule has 5 nitrogen and oxygen atoms in total. The lowest BCUT2D eigenvalue weighted by Crippen LogP contribution is -2.16. The Bertz CT molecular complexity index is 786. The number of hydrogen-bond donors (Lipinski definition) is 1. The fraction of sp³-hybridized carbons (Fsp3) is 0.133. The van der Waals surface area contributed by atoms with Gasteiger partial charge in [0.2, 0.25) is 0 Å². The van der Waals surface area contributed by atoms with E-state index >= 15 is 0 Å². The van der Waals surface area contributed by atoms with E-state index in [1.165, 1.54) is 0 Å². The van der Waals surface area contributed by atoms with E-state index in [0.717, 1.165) is 16.6 Å². The first kappa shape index (κ1) is 12.3. The largest absolute Gasteiger partial charge is 0.319 e. The predicted molar refractivity (Wildman–Crippen MR) is 77.6 cm³/mol. The molecule has 20 heavy (non-hydrogen) atoms. The zero-order valence-corrected chi connectivity index (χ0v) is 11.3. The summed E-state index contributed by atoms with van der Waals surface area (Å²) in [7, 11) is 1.75. The van der Waals surface area contributed by atoms with Crippen molar-refractivity contribution in [2.45, 2.75) is 6.92 Å². The molecule has 3 rings (SSSR count). The number of amides is 1.